The van der Waals surface area contributed by atoms with Crippen LogP contribution in [-0.4, -0.2) is 23.3 Å². The third-order valence-corrected chi connectivity index (χ3v) is 6.24. The number of imide groups is 1. The van der Waals surface area contributed by atoms with Gasteiger partial charge < -0.3 is 0 Å². The Morgan fingerprint density at radius 3 is 2.21 bits per heavy atom. The Morgan fingerprint density at radius 2 is 1.57 bits per heavy atom. The van der Waals surface area contributed by atoms with Crippen molar-refractivity contribution in [3.05, 3.63) is 68.0 Å². The van der Waals surface area contributed by atoms with Crippen molar-refractivity contribution in [2.24, 2.45) is 0 Å². The Bertz CT molecular complexity index is 941. The van der Waals surface area contributed by atoms with Crippen LogP contribution in [0.15, 0.2) is 52.3 Å². The maximum atomic E-state index is 13.1. The summed E-state index contributed by atoms with van der Waals surface area (Å²) in [7, 11) is 0. The first-order valence-corrected chi connectivity index (χ1v) is 10.9. The standard InChI is InChI=1S/C21H18Cl3NO2S/c1-2-3-4-11-25-20(26)18(16-10-7-14(23)12-17(16)24)19(21(25)27)28-15-8-5-13(22)6-9-15/h5-10,12H,2-4,11H2,1H3. The molecule has 28 heavy (non-hydrogen) atoms. The number of carbonyl (C=O) groups excluding carboxylic acids is 2. The van der Waals surface area contributed by atoms with Crippen LogP contribution in [0.5, 0.6) is 0 Å². The Balaban J connectivity index is 2.03. The number of nitrogens with zero attached hydrogens (tertiary/aromatic N) is 1. The number of hydrogen-bond donors (Lipinski definition) is 0. The SMILES string of the molecule is CCCCCN1C(=O)C(Sc2ccc(Cl)cc2)=C(c2ccc(Cl)cc2Cl)C1=O. The number of benzene rings is 2. The molecule has 3 rings (SSSR count). The monoisotopic (exact) mass is 453 g/mol. The summed E-state index contributed by atoms with van der Waals surface area (Å²) in [6.07, 6.45) is 2.73. The molecule has 1 aliphatic heterocycles. The van der Waals surface area contributed by atoms with Gasteiger partial charge in [0.25, 0.3) is 11.8 Å². The van der Waals surface area contributed by atoms with Gasteiger partial charge in [0.15, 0.2) is 0 Å². The van der Waals surface area contributed by atoms with E-state index in [1.54, 1.807) is 30.3 Å². The number of amides is 2. The summed E-state index contributed by atoms with van der Waals surface area (Å²) >= 11 is 19.6. The lowest BCUT2D eigenvalue weighted by Gasteiger charge is -2.15. The lowest BCUT2D eigenvalue weighted by Crippen LogP contribution is -2.32. The number of hydrogen-bond acceptors (Lipinski definition) is 3. The molecule has 0 saturated carbocycles. The summed E-state index contributed by atoms with van der Waals surface area (Å²) in [6, 6.07) is 12.1. The molecule has 0 spiro atoms. The van der Waals surface area contributed by atoms with Crippen LogP contribution < -0.4 is 0 Å². The maximum absolute atomic E-state index is 13.1. The number of rotatable bonds is 7. The van der Waals surface area contributed by atoms with Crippen LogP contribution in [0.4, 0.5) is 0 Å². The molecular weight excluding hydrogens is 437 g/mol. The first-order valence-electron chi connectivity index (χ1n) is 8.91. The molecule has 1 aliphatic rings. The van der Waals surface area contributed by atoms with Crippen molar-refractivity contribution in [2.45, 2.75) is 31.1 Å². The molecule has 2 aromatic rings. The molecule has 7 heteroatoms. The van der Waals surface area contributed by atoms with E-state index in [0.717, 1.165) is 24.2 Å². The minimum atomic E-state index is -0.318. The van der Waals surface area contributed by atoms with Gasteiger partial charge in [0.05, 0.1) is 15.5 Å². The first kappa shape index (κ1) is 21.3. The summed E-state index contributed by atoms with van der Waals surface area (Å²) in [6.45, 7) is 2.47. The molecule has 2 aromatic carbocycles. The third kappa shape index (κ3) is 4.57. The van der Waals surface area contributed by atoms with Crippen LogP contribution in [0.2, 0.25) is 15.1 Å². The van der Waals surface area contributed by atoms with Gasteiger partial charge in [0, 0.05) is 27.0 Å². The Kier molecular flexibility index (Phi) is 7.10. The van der Waals surface area contributed by atoms with E-state index in [4.69, 9.17) is 34.8 Å². The molecule has 2 amide bonds. The minimum absolute atomic E-state index is 0.290. The third-order valence-electron chi connectivity index (χ3n) is 4.34. The van der Waals surface area contributed by atoms with Crippen LogP contribution in [0, 0.1) is 0 Å². The van der Waals surface area contributed by atoms with Crippen molar-refractivity contribution in [2.75, 3.05) is 6.54 Å². The average molecular weight is 455 g/mol. The quantitative estimate of drug-likeness (QED) is 0.344. The molecule has 0 unspecified atom stereocenters. The lowest BCUT2D eigenvalue weighted by atomic mass is 10.1. The van der Waals surface area contributed by atoms with Gasteiger partial charge in [-0.25, -0.2) is 0 Å². The zero-order valence-corrected chi connectivity index (χ0v) is 18.3. The summed E-state index contributed by atoms with van der Waals surface area (Å²) < 4.78 is 0. The van der Waals surface area contributed by atoms with E-state index in [9.17, 15) is 9.59 Å². The van der Waals surface area contributed by atoms with E-state index in [1.165, 1.54) is 16.7 Å². The predicted octanol–water partition coefficient (Wildman–Crippen LogP) is 6.71. The smallest absolute Gasteiger partial charge is 0.268 e. The number of unbranched alkanes of at least 4 members (excludes halogenated alkanes) is 2. The van der Waals surface area contributed by atoms with E-state index in [0.29, 0.717) is 37.7 Å². The second kappa shape index (κ2) is 9.36. The van der Waals surface area contributed by atoms with Crippen LogP contribution in [0.25, 0.3) is 5.57 Å². The van der Waals surface area contributed by atoms with Crippen molar-refractivity contribution < 1.29 is 9.59 Å². The molecule has 0 bridgehead atoms. The van der Waals surface area contributed by atoms with E-state index < -0.39 is 0 Å². The van der Waals surface area contributed by atoms with Gasteiger partial charge in [-0.05, 0) is 42.8 Å². The molecule has 1 heterocycles. The highest BCUT2D eigenvalue weighted by atomic mass is 35.5. The molecule has 3 nitrogen and oxygen atoms in total. The topological polar surface area (TPSA) is 37.4 Å². The largest absolute Gasteiger partial charge is 0.274 e. The van der Waals surface area contributed by atoms with Crippen molar-refractivity contribution in [3.8, 4) is 0 Å². The number of halogens is 3. The zero-order valence-electron chi connectivity index (χ0n) is 15.2. The second-order valence-electron chi connectivity index (χ2n) is 6.35. The fourth-order valence-corrected chi connectivity index (χ4v) is 4.56. The molecule has 0 saturated heterocycles. The van der Waals surface area contributed by atoms with Crippen molar-refractivity contribution in [1.82, 2.24) is 4.90 Å². The summed E-state index contributed by atoms with van der Waals surface area (Å²) in [5, 5.41) is 1.42. The molecular formula is C21H18Cl3NO2S. The fraction of sp³-hybridized carbons (Fsp3) is 0.238. The van der Waals surface area contributed by atoms with E-state index >= 15 is 0 Å². The van der Waals surface area contributed by atoms with Crippen molar-refractivity contribution in [1.29, 1.82) is 0 Å². The minimum Gasteiger partial charge on any atom is -0.274 e. The molecule has 0 aliphatic carbocycles. The molecule has 0 aromatic heterocycles. The Labute approximate surface area is 183 Å². The highest BCUT2D eigenvalue weighted by Crippen LogP contribution is 2.42. The van der Waals surface area contributed by atoms with Crippen molar-refractivity contribution >= 4 is 64.0 Å². The Morgan fingerprint density at radius 1 is 0.893 bits per heavy atom. The lowest BCUT2D eigenvalue weighted by molar-refractivity contribution is -0.136. The highest BCUT2D eigenvalue weighted by Gasteiger charge is 2.39. The van der Waals surface area contributed by atoms with E-state index in [-0.39, 0.29) is 11.8 Å². The van der Waals surface area contributed by atoms with Gasteiger partial charge >= 0.3 is 0 Å². The summed E-state index contributed by atoms with van der Waals surface area (Å²) in [4.78, 5) is 28.7. The normalized spacial score (nSPS) is 14.4. The maximum Gasteiger partial charge on any atom is 0.268 e. The molecule has 0 N–H and O–H groups in total. The number of carbonyl (C=O) groups is 2. The fourth-order valence-electron chi connectivity index (χ4n) is 2.92. The summed E-state index contributed by atoms with van der Waals surface area (Å²) in [5.74, 6) is -0.608. The molecule has 0 atom stereocenters. The van der Waals surface area contributed by atoms with Gasteiger partial charge in [-0.3, -0.25) is 14.5 Å². The van der Waals surface area contributed by atoms with Crippen LogP contribution in [0.3, 0.4) is 0 Å². The van der Waals surface area contributed by atoms with E-state index in [1.807, 2.05) is 12.1 Å². The zero-order chi connectivity index (χ0) is 20.3. The molecule has 0 radical (unpaired) electrons. The van der Waals surface area contributed by atoms with E-state index in [2.05, 4.69) is 6.92 Å². The average Bonchev–Trinajstić information content (AvgIpc) is 2.88. The highest BCUT2D eigenvalue weighted by molar-refractivity contribution is 8.04. The van der Waals surface area contributed by atoms with Gasteiger partial charge in [-0.15, -0.1) is 0 Å². The van der Waals surface area contributed by atoms with Gasteiger partial charge in [-0.2, -0.15) is 0 Å². The van der Waals surface area contributed by atoms with Crippen LogP contribution in [0.1, 0.15) is 31.7 Å². The van der Waals surface area contributed by atoms with Crippen LogP contribution >= 0.6 is 46.6 Å². The van der Waals surface area contributed by atoms with Gasteiger partial charge in [0.2, 0.25) is 0 Å². The van der Waals surface area contributed by atoms with Gasteiger partial charge in [0.1, 0.15) is 0 Å². The predicted molar refractivity (Wildman–Crippen MR) is 117 cm³/mol. The first-order chi connectivity index (χ1) is 13.4. The molecule has 146 valence electrons. The van der Waals surface area contributed by atoms with Crippen molar-refractivity contribution in [3.63, 3.8) is 0 Å². The second-order valence-corrected chi connectivity index (χ2v) is 8.72. The van der Waals surface area contributed by atoms with Crippen LogP contribution in [-0.2, 0) is 9.59 Å². The van der Waals surface area contributed by atoms with Gasteiger partial charge in [-0.1, -0.05) is 72.4 Å². The Hall–Kier alpha value is -1.46. The number of thioether (sulfide) groups is 1. The summed E-state index contributed by atoms with van der Waals surface area (Å²) in [5.41, 5.74) is 0.835. The molecule has 0 fully saturated rings.